The molecule has 3 rings (SSSR count). The summed E-state index contributed by atoms with van der Waals surface area (Å²) in [5.41, 5.74) is 1.94. The molecular weight excluding hydrogens is 340 g/mol. The average molecular weight is 356 g/mol. The van der Waals surface area contributed by atoms with Crippen LogP contribution >= 0.6 is 15.9 Å². The van der Waals surface area contributed by atoms with E-state index in [1.54, 1.807) is 0 Å². The van der Waals surface area contributed by atoms with Gasteiger partial charge in [0.05, 0.1) is 5.69 Å². The van der Waals surface area contributed by atoms with Gasteiger partial charge < -0.3 is 5.32 Å². The first-order valence-corrected chi connectivity index (χ1v) is 7.85. The molecule has 0 atom stereocenters. The third-order valence-electron chi connectivity index (χ3n) is 3.47. The molecule has 1 heterocycles. The summed E-state index contributed by atoms with van der Waals surface area (Å²) in [6.07, 6.45) is 3.91. The second-order valence-electron chi connectivity index (χ2n) is 5.28. The minimum absolute atomic E-state index is 0.0511. The Kier molecular flexibility index (Phi) is 4.20. The van der Waals surface area contributed by atoms with Crippen molar-refractivity contribution in [2.24, 2.45) is 0 Å². The number of carbonyl (C=O) groups is 1. The van der Waals surface area contributed by atoms with Crippen LogP contribution in [0.4, 0.5) is 5.69 Å². The second kappa shape index (κ2) is 6.28. The molecule has 22 heavy (non-hydrogen) atoms. The van der Waals surface area contributed by atoms with Crippen LogP contribution in [-0.4, -0.2) is 5.91 Å². The van der Waals surface area contributed by atoms with Crippen LogP contribution in [0.25, 0.3) is 10.8 Å². The van der Waals surface area contributed by atoms with E-state index in [-0.39, 0.29) is 12.5 Å². The first-order chi connectivity index (χ1) is 10.6. The van der Waals surface area contributed by atoms with Gasteiger partial charge in [-0.1, -0.05) is 24.3 Å². The van der Waals surface area contributed by atoms with Gasteiger partial charge in [-0.25, -0.2) is 0 Å². The Labute approximate surface area is 137 Å². The third-order valence-corrected chi connectivity index (χ3v) is 4.13. The highest BCUT2D eigenvalue weighted by molar-refractivity contribution is 9.10. The number of carbonyl (C=O) groups excluding carboxylic acids is 1. The molecule has 1 amide bonds. The van der Waals surface area contributed by atoms with E-state index in [1.165, 1.54) is 5.39 Å². The highest BCUT2D eigenvalue weighted by atomic mass is 79.9. The molecule has 0 saturated carbocycles. The van der Waals surface area contributed by atoms with Crippen molar-refractivity contribution in [2.75, 3.05) is 5.32 Å². The van der Waals surface area contributed by atoms with E-state index in [2.05, 4.69) is 27.3 Å². The second-order valence-corrected chi connectivity index (χ2v) is 6.13. The zero-order chi connectivity index (χ0) is 15.5. The first kappa shape index (κ1) is 14.7. The lowest BCUT2D eigenvalue weighted by Gasteiger charge is -2.06. The van der Waals surface area contributed by atoms with Crippen LogP contribution in [0.5, 0.6) is 0 Å². The fourth-order valence-electron chi connectivity index (χ4n) is 2.35. The summed E-state index contributed by atoms with van der Waals surface area (Å²) in [5, 5.41) is 5.21. The van der Waals surface area contributed by atoms with Crippen LogP contribution in [0.1, 0.15) is 5.56 Å². The summed E-state index contributed by atoms with van der Waals surface area (Å²) in [4.78, 5) is 12.2. The zero-order valence-corrected chi connectivity index (χ0v) is 13.8. The van der Waals surface area contributed by atoms with Crippen molar-refractivity contribution in [1.82, 2.24) is 0 Å². The van der Waals surface area contributed by atoms with Crippen molar-refractivity contribution in [1.29, 1.82) is 0 Å². The van der Waals surface area contributed by atoms with Gasteiger partial charge in [-0.05, 0) is 52.0 Å². The fraction of sp³-hybridized carbons (Fsp3) is 0.111. The van der Waals surface area contributed by atoms with Gasteiger partial charge in [0.25, 0.3) is 5.91 Å². The molecule has 4 heteroatoms. The summed E-state index contributed by atoms with van der Waals surface area (Å²) in [6, 6.07) is 16.0. The van der Waals surface area contributed by atoms with Gasteiger partial charge in [0, 0.05) is 15.9 Å². The Balaban J connectivity index is 1.75. The molecule has 3 nitrogen and oxygen atoms in total. The van der Waals surface area contributed by atoms with Gasteiger partial charge in [0.2, 0.25) is 6.54 Å². The van der Waals surface area contributed by atoms with Gasteiger partial charge in [-0.3, -0.25) is 4.79 Å². The molecule has 0 unspecified atom stereocenters. The largest absolute Gasteiger partial charge is 0.320 e. The molecule has 1 N–H and O–H groups in total. The van der Waals surface area contributed by atoms with Crippen molar-refractivity contribution in [3.8, 4) is 0 Å². The number of halogens is 1. The van der Waals surface area contributed by atoms with Crippen LogP contribution in [-0.2, 0) is 11.3 Å². The van der Waals surface area contributed by atoms with Gasteiger partial charge >= 0.3 is 0 Å². The summed E-state index contributed by atoms with van der Waals surface area (Å²) in [6.45, 7) is 2.30. The average Bonchev–Trinajstić information content (AvgIpc) is 2.50. The van der Waals surface area contributed by atoms with Crippen LogP contribution in [0, 0.1) is 6.92 Å². The molecule has 0 bridgehead atoms. The van der Waals surface area contributed by atoms with Gasteiger partial charge in [-0.15, -0.1) is 0 Å². The minimum atomic E-state index is -0.0511. The number of benzene rings is 2. The minimum Gasteiger partial charge on any atom is -0.320 e. The summed E-state index contributed by atoms with van der Waals surface area (Å²) in [7, 11) is 0. The van der Waals surface area contributed by atoms with E-state index in [4.69, 9.17) is 0 Å². The van der Waals surface area contributed by atoms with Crippen molar-refractivity contribution in [3.05, 3.63) is 71.0 Å². The Bertz CT molecular complexity index is 845. The number of nitrogens with one attached hydrogen (secondary N) is 1. The lowest BCUT2D eigenvalue weighted by molar-refractivity contribution is -0.682. The molecule has 0 fully saturated rings. The molecule has 0 radical (unpaired) electrons. The van der Waals surface area contributed by atoms with Gasteiger partial charge in [0.15, 0.2) is 12.4 Å². The van der Waals surface area contributed by atoms with E-state index in [0.29, 0.717) is 0 Å². The summed E-state index contributed by atoms with van der Waals surface area (Å²) < 4.78 is 2.78. The molecule has 110 valence electrons. The number of rotatable bonds is 3. The van der Waals surface area contributed by atoms with E-state index in [9.17, 15) is 4.79 Å². The quantitative estimate of drug-likeness (QED) is 0.711. The fourth-order valence-corrected chi connectivity index (χ4v) is 2.95. The number of aryl methyl sites for hydroxylation is 1. The van der Waals surface area contributed by atoms with E-state index in [1.807, 2.05) is 66.3 Å². The molecule has 2 aromatic carbocycles. The smallest absolute Gasteiger partial charge is 0.290 e. The van der Waals surface area contributed by atoms with Crippen molar-refractivity contribution < 1.29 is 9.36 Å². The zero-order valence-electron chi connectivity index (χ0n) is 12.2. The number of aromatic nitrogens is 1. The Morgan fingerprint density at radius 1 is 1.14 bits per heavy atom. The molecule has 0 aliphatic carbocycles. The van der Waals surface area contributed by atoms with Gasteiger partial charge in [0.1, 0.15) is 0 Å². The highest BCUT2D eigenvalue weighted by Crippen LogP contribution is 2.23. The SMILES string of the molecule is Cc1ccc(NC(=O)C[n+]2ccc3ccccc3c2)c(Br)c1. The van der Waals surface area contributed by atoms with Crippen molar-refractivity contribution >= 4 is 38.3 Å². The maximum atomic E-state index is 12.2. The standard InChI is InChI=1S/C18H15BrN2O/c1-13-6-7-17(16(19)10-13)20-18(22)12-21-9-8-14-4-2-3-5-15(14)11-21/h2-11H,12H2,1H3/p+1. The molecule has 0 aliphatic heterocycles. The van der Waals surface area contributed by atoms with Crippen LogP contribution in [0.15, 0.2) is 65.4 Å². The number of anilines is 1. The van der Waals surface area contributed by atoms with E-state index < -0.39 is 0 Å². The number of hydrogen-bond acceptors (Lipinski definition) is 1. The summed E-state index contributed by atoms with van der Waals surface area (Å²) in [5.74, 6) is -0.0511. The lowest BCUT2D eigenvalue weighted by Crippen LogP contribution is -2.39. The molecular formula is C18H16BrN2O+. The Hall–Kier alpha value is -2.20. The monoisotopic (exact) mass is 355 g/mol. The molecule has 0 saturated heterocycles. The van der Waals surface area contributed by atoms with Crippen LogP contribution in [0.2, 0.25) is 0 Å². The Morgan fingerprint density at radius 2 is 1.91 bits per heavy atom. The maximum Gasteiger partial charge on any atom is 0.290 e. The van der Waals surface area contributed by atoms with Crippen LogP contribution < -0.4 is 9.88 Å². The van der Waals surface area contributed by atoms with E-state index in [0.717, 1.165) is 21.1 Å². The van der Waals surface area contributed by atoms with Crippen molar-refractivity contribution in [2.45, 2.75) is 13.5 Å². The molecule has 3 aromatic rings. The molecule has 0 spiro atoms. The number of pyridine rings is 1. The predicted molar refractivity (Wildman–Crippen MR) is 91.7 cm³/mol. The number of hydrogen-bond donors (Lipinski definition) is 1. The maximum absolute atomic E-state index is 12.2. The lowest BCUT2D eigenvalue weighted by atomic mass is 10.2. The van der Waals surface area contributed by atoms with Crippen molar-refractivity contribution in [3.63, 3.8) is 0 Å². The topological polar surface area (TPSA) is 33.0 Å². The van der Waals surface area contributed by atoms with E-state index >= 15 is 0 Å². The number of fused-ring (bicyclic) bond motifs is 1. The van der Waals surface area contributed by atoms with Gasteiger partial charge in [-0.2, -0.15) is 4.57 Å². The number of nitrogens with zero attached hydrogens (tertiary/aromatic N) is 1. The number of amides is 1. The molecule has 1 aromatic heterocycles. The third kappa shape index (κ3) is 3.34. The first-order valence-electron chi connectivity index (χ1n) is 7.06. The molecule has 0 aliphatic rings. The Morgan fingerprint density at radius 3 is 2.68 bits per heavy atom. The highest BCUT2D eigenvalue weighted by Gasteiger charge is 2.11. The summed E-state index contributed by atoms with van der Waals surface area (Å²) >= 11 is 3.47. The predicted octanol–water partition coefficient (Wildman–Crippen LogP) is 3.84. The normalized spacial score (nSPS) is 10.6. The van der Waals surface area contributed by atoms with Crippen LogP contribution in [0.3, 0.4) is 0 Å².